The molecule has 166 valence electrons. The summed E-state index contributed by atoms with van der Waals surface area (Å²) in [6.07, 6.45) is 6.78. The molecule has 2 aliphatic heterocycles. The molecule has 0 spiro atoms. The van der Waals surface area contributed by atoms with Gasteiger partial charge in [0.25, 0.3) is 0 Å². The molecular weight excluding hydrogens is 676 g/mol. The summed E-state index contributed by atoms with van der Waals surface area (Å²) in [6.45, 7) is 11.7. The molecule has 0 aromatic heterocycles. The van der Waals surface area contributed by atoms with E-state index in [1.54, 1.807) is 0 Å². The van der Waals surface area contributed by atoms with Crippen LogP contribution in [0.25, 0.3) is 11.2 Å². The van der Waals surface area contributed by atoms with E-state index in [9.17, 15) is 0 Å². The number of hydrogen-bond donors (Lipinski definition) is 0. The van der Waals surface area contributed by atoms with E-state index in [1.165, 1.54) is 0 Å². The van der Waals surface area contributed by atoms with Crippen molar-refractivity contribution in [2.45, 2.75) is 0 Å². The molecule has 2 radical (unpaired) electrons. The number of rotatable bonds is 0. The maximum atomic E-state index is 7.75. The van der Waals surface area contributed by atoms with Gasteiger partial charge in [0.1, 0.15) is 0 Å². The minimum Gasteiger partial charge on any atom is -0.577 e. The van der Waals surface area contributed by atoms with E-state index in [4.69, 9.17) is 30.4 Å². The Labute approximate surface area is 210 Å². The Morgan fingerprint density at radius 2 is 1.30 bits per heavy atom. The van der Waals surface area contributed by atoms with Gasteiger partial charge in [0.15, 0.2) is 0 Å². The van der Waals surface area contributed by atoms with Crippen molar-refractivity contribution >= 4 is 58.3 Å². The predicted octanol–water partition coefficient (Wildman–Crippen LogP) is 2.72. The van der Waals surface area contributed by atoms with Crippen LogP contribution in [0.15, 0.2) is 17.4 Å². The summed E-state index contributed by atoms with van der Waals surface area (Å²) in [6, 6.07) is 0. The molecule has 0 amide bonds. The van der Waals surface area contributed by atoms with E-state index in [0.717, 1.165) is 13.1 Å². The van der Waals surface area contributed by atoms with Crippen molar-refractivity contribution in [3.05, 3.63) is 46.7 Å². The second-order valence-corrected chi connectivity index (χ2v) is 3.15. The monoisotopic (exact) mass is 699 g/mol. The Balaban J connectivity index is -0.0000000277. The quantitative estimate of drug-likeness (QED) is 0.125. The smallest absolute Gasteiger partial charge is 0 e. The van der Waals surface area contributed by atoms with Gasteiger partial charge in [-0.1, -0.05) is 45.2 Å². The van der Waals surface area contributed by atoms with Gasteiger partial charge in [-0.15, -0.1) is 0 Å². The van der Waals surface area contributed by atoms with Crippen LogP contribution in [0, 0.1) is 23.1 Å². The summed E-state index contributed by atoms with van der Waals surface area (Å²) >= 11 is 4.30. The molecule has 2 aliphatic rings. The van der Waals surface area contributed by atoms with Crippen molar-refractivity contribution < 1.29 is 43.0 Å². The van der Waals surface area contributed by atoms with Gasteiger partial charge in [0, 0.05) is 46.6 Å². The Morgan fingerprint density at radius 1 is 1.00 bits per heavy atom. The second kappa shape index (κ2) is 63.5. The maximum absolute atomic E-state index is 7.75. The zero-order valence-corrected chi connectivity index (χ0v) is 21.9. The van der Waals surface area contributed by atoms with E-state index < -0.39 is 0 Å². The molecule has 2 rings (SSSR count). The molecule has 0 fully saturated rings. The van der Waals surface area contributed by atoms with Crippen molar-refractivity contribution in [2.24, 2.45) is 4.99 Å². The molecule has 0 N–H and O–H groups in total. The van der Waals surface area contributed by atoms with Crippen molar-refractivity contribution in [3.8, 4) is 0 Å². The van der Waals surface area contributed by atoms with Crippen LogP contribution in [-0.2, 0) is 43.0 Å². The van der Waals surface area contributed by atoms with E-state index in [2.05, 4.69) is 70.0 Å². The van der Waals surface area contributed by atoms with Gasteiger partial charge in [-0.05, 0) is 43.4 Å². The molecule has 27 heavy (non-hydrogen) atoms. The van der Waals surface area contributed by atoms with E-state index in [-0.39, 0.29) is 33.6 Å². The largest absolute Gasteiger partial charge is 0.577 e. The summed E-state index contributed by atoms with van der Waals surface area (Å²) in [5, 5.41) is 0. The van der Waals surface area contributed by atoms with Crippen molar-refractivity contribution in [3.63, 3.8) is 0 Å². The molecule has 0 saturated heterocycles. The summed E-state index contributed by atoms with van der Waals surface area (Å²) in [4.78, 5) is 36.0. The summed E-state index contributed by atoms with van der Waals surface area (Å²) in [5.74, 6) is 0. The topological polar surface area (TPSA) is 138 Å². The number of nitroso groups, excluding NO2 is 2. The number of nitrogens with zero attached hydrogens (tertiary/aromatic N) is 6. The SMILES string of the molecule is CI.CI.CN1C=CN(C)[CH-]1.CN1[C-]=NCC1.[C-]#[O+].[CH-]=O.[Co].[Co].[N-]=O.[N-]=O. The second-order valence-electron chi connectivity index (χ2n) is 3.15. The molecule has 14 heteroatoms. The third kappa shape index (κ3) is 58.5. The zero-order chi connectivity index (χ0) is 21.7. The third-order valence-corrected chi connectivity index (χ3v) is 1.69. The Bertz CT molecular complexity index is 294. The number of alkyl halides is 2. The molecule has 0 aromatic rings. The normalized spacial score (nSPS) is 10.3. The zero-order valence-electron chi connectivity index (χ0n) is 15.5. The average Bonchev–Trinajstić information content (AvgIpc) is 3.36. The van der Waals surface area contributed by atoms with Crippen LogP contribution in [0.3, 0.4) is 0 Å². The first-order chi connectivity index (χ1) is 12.2. The molecule has 0 aliphatic carbocycles. The predicted molar refractivity (Wildman–Crippen MR) is 118 cm³/mol. The number of aliphatic imine (C=N–C) groups is 1. The summed E-state index contributed by atoms with van der Waals surface area (Å²) in [7, 11) is 5.97. The number of likely N-dealkylation sites (N-methyl/N-ethyl adjacent to an activating group) is 1. The van der Waals surface area contributed by atoms with Crippen LogP contribution < -0.4 is 0 Å². The Hall–Kier alpha value is -0.107. The molecule has 0 unspecified atom stereocenters. The van der Waals surface area contributed by atoms with Gasteiger partial charge in [-0.2, -0.15) is 6.67 Å². The van der Waals surface area contributed by atoms with E-state index >= 15 is 0 Å². The van der Waals surface area contributed by atoms with Gasteiger partial charge in [-0.25, -0.2) is 0 Å². The van der Waals surface area contributed by atoms with E-state index in [1.807, 2.05) is 64.8 Å². The summed E-state index contributed by atoms with van der Waals surface area (Å²) < 4.78 is 7.50. The Morgan fingerprint density at radius 3 is 1.37 bits per heavy atom. The molecule has 0 bridgehead atoms. The van der Waals surface area contributed by atoms with Crippen LogP contribution in [0.2, 0.25) is 0 Å². The average molecular weight is 699 g/mol. The maximum Gasteiger partial charge on any atom is 0 e. The third-order valence-electron chi connectivity index (χ3n) is 1.69. The van der Waals surface area contributed by atoms with Crippen LogP contribution in [-0.4, -0.2) is 71.9 Å². The van der Waals surface area contributed by atoms with Gasteiger partial charge >= 0.3 is 11.3 Å². The summed E-state index contributed by atoms with van der Waals surface area (Å²) in [5.41, 5.74) is 11.5. The molecule has 0 atom stereocenters. The van der Waals surface area contributed by atoms with Crippen LogP contribution in [0.5, 0.6) is 0 Å². The fourth-order valence-electron chi connectivity index (χ4n) is 0.995. The first-order valence-electron chi connectivity index (χ1n) is 5.85. The number of halogens is 2. The van der Waals surface area contributed by atoms with E-state index in [0.29, 0.717) is 0 Å². The number of hydrogen-bond acceptors (Lipinski definition) is 7. The molecule has 0 aromatic carbocycles. The minimum atomic E-state index is 0. The minimum absolute atomic E-state index is 0. The number of carbonyl (C=O) groups excluding carboxylic acids is 1. The Kier molecular flexibility index (Phi) is 119. The standard InChI is InChI=1S/C5H9N2.C4H7N2.2CH3I.CHO.CO.2Co.2NO/c1-6-3-4-7(2)5-6;1-6-3-2-5-4-6;4*1-2;;;2*1-2/h3-5H,1-2H3;2-3H2,1H3;2*1H3;1H;;;;;/q2*-1;;;-1;;;;2*-1. The fraction of sp³-hybridized carbons (Fsp3) is 0.538. The van der Waals surface area contributed by atoms with Crippen LogP contribution >= 0.6 is 45.2 Å². The van der Waals surface area contributed by atoms with Crippen LogP contribution in [0.4, 0.5) is 0 Å². The molecule has 0 saturated carbocycles. The van der Waals surface area contributed by atoms with Crippen molar-refractivity contribution in [1.29, 1.82) is 0 Å². The van der Waals surface area contributed by atoms with Crippen LogP contribution in [0.1, 0.15) is 0 Å². The van der Waals surface area contributed by atoms with Gasteiger partial charge in [0.2, 0.25) is 0 Å². The van der Waals surface area contributed by atoms with Gasteiger partial charge in [-0.3, -0.25) is 13.1 Å². The fourth-order valence-corrected chi connectivity index (χ4v) is 0.995. The van der Waals surface area contributed by atoms with Crippen molar-refractivity contribution in [2.75, 3.05) is 44.1 Å². The molecule has 10 nitrogen and oxygen atoms in total. The molecular formula is C13H23Co2I2N6O4-5. The van der Waals surface area contributed by atoms with Gasteiger partial charge in [0.05, 0.1) is 0 Å². The van der Waals surface area contributed by atoms with Crippen molar-refractivity contribution in [1.82, 2.24) is 14.7 Å². The molecule has 2 heterocycles. The van der Waals surface area contributed by atoms with Gasteiger partial charge < -0.3 is 45.5 Å². The first kappa shape index (κ1) is 50.5. The first-order valence-corrected chi connectivity index (χ1v) is 10.2.